The van der Waals surface area contributed by atoms with Gasteiger partial charge in [-0.05, 0) is 31.0 Å². The first-order valence-corrected chi connectivity index (χ1v) is 6.57. The van der Waals surface area contributed by atoms with Gasteiger partial charge in [0.05, 0.1) is 5.54 Å². The lowest BCUT2D eigenvalue weighted by Gasteiger charge is -2.22. The number of hydrogen-bond donors (Lipinski definition) is 4. The summed E-state index contributed by atoms with van der Waals surface area (Å²) in [7, 11) is 0. The van der Waals surface area contributed by atoms with Crippen molar-refractivity contribution in [2.45, 2.75) is 38.8 Å². The number of carbonyl (C=O) groups is 2. The highest BCUT2D eigenvalue weighted by Gasteiger charge is 2.26. The zero-order valence-corrected chi connectivity index (χ0v) is 11.9. The molecule has 6 nitrogen and oxygen atoms in total. The lowest BCUT2D eigenvalue weighted by molar-refractivity contribution is -0.120. The van der Waals surface area contributed by atoms with Crippen molar-refractivity contribution in [1.82, 2.24) is 5.32 Å². The Hall–Kier alpha value is -2.08. The molecule has 0 heterocycles. The number of benzene rings is 1. The molecule has 0 aliphatic rings. The van der Waals surface area contributed by atoms with E-state index in [0.29, 0.717) is 18.7 Å². The van der Waals surface area contributed by atoms with Gasteiger partial charge in [0, 0.05) is 12.2 Å². The van der Waals surface area contributed by atoms with E-state index in [1.807, 2.05) is 6.92 Å². The van der Waals surface area contributed by atoms with E-state index in [1.165, 1.54) is 0 Å². The molecule has 6 heteroatoms. The van der Waals surface area contributed by atoms with Crippen molar-refractivity contribution < 1.29 is 9.59 Å². The number of urea groups is 1. The van der Waals surface area contributed by atoms with Crippen molar-refractivity contribution in [3.8, 4) is 0 Å². The minimum atomic E-state index is -0.874. The van der Waals surface area contributed by atoms with Gasteiger partial charge in [-0.15, -0.1) is 0 Å². The predicted molar refractivity (Wildman–Crippen MR) is 79.0 cm³/mol. The van der Waals surface area contributed by atoms with Crippen LogP contribution in [0.25, 0.3) is 0 Å². The summed E-state index contributed by atoms with van der Waals surface area (Å²) in [5.41, 5.74) is 11.6. The Morgan fingerprint density at radius 2 is 1.85 bits per heavy atom. The third-order valence-corrected chi connectivity index (χ3v) is 2.97. The van der Waals surface area contributed by atoms with Gasteiger partial charge >= 0.3 is 6.03 Å². The molecule has 0 saturated carbocycles. The molecule has 110 valence electrons. The molecule has 0 aliphatic carbocycles. The summed E-state index contributed by atoms with van der Waals surface area (Å²) in [6, 6.07) is 6.56. The maximum absolute atomic E-state index is 12.0. The molecule has 1 aromatic rings. The van der Waals surface area contributed by atoms with Crippen LogP contribution in [0.5, 0.6) is 0 Å². The first-order chi connectivity index (χ1) is 9.35. The van der Waals surface area contributed by atoms with Crippen molar-refractivity contribution >= 4 is 17.6 Å². The lowest BCUT2D eigenvalue weighted by atomic mass is 9.96. The first kappa shape index (κ1) is 16.0. The van der Waals surface area contributed by atoms with Gasteiger partial charge in [-0.25, -0.2) is 4.79 Å². The molecule has 0 fully saturated rings. The number of anilines is 1. The SMILES string of the molecule is CCCC(C)(N)C(=O)Nc1ccc(CNC(N)=O)cc1. The molecular formula is C14H22N4O2. The van der Waals surface area contributed by atoms with Gasteiger partial charge in [-0.1, -0.05) is 25.5 Å². The molecule has 0 bridgehead atoms. The van der Waals surface area contributed by atoms with E-state index in [-0.39, 0.29) is 5.91 Å². The molecule has 0 aromatic heterocycles. The highest BCUT2D eigenvalue weighted by molar-refractivity contribution is 5.97. The molecule has 6 N–H and O–H groups in total. The van der Waals surface area contributed by atoms with Gasteiger partial charge in [0.2, 0.25) is 5.91 Å². The number of nitrogens with two attached hydrogens (primary N) is 2. The van der Waals surface area contributed by atoms with Gasteiger partial charge < -0.3 is 22.1 Å². The smallest absolute Gasteiger partial charge is 0.312 e. The van der Waals surface area contributed by atoms with Gasteiger partial charge in [0.1, 0.15) is 0 Å². The van der Waals surface area contributed by atoms with Crippen LogP contribution in [0.2, 0.25) is 0 Å². The molecule has 1 rings (SSSR count). The molecule has 0 spiro atoms. The second kappa shape index (κ2) is 6.91. The van der Waals surface area contributed by atoms with Crippen LogP contribution in [0.3, 0.4) is 0 Å². The zero-order valence-electron chi connectivity index (χ0n) is 11.9. The molecule has 1 aromatic carbocycles. The van der Waals surface area contributed by atoms with E-state index < -0.39 is 11.6 Å². The van der Waals surface area contributed by atoms with Crippen LogP contribution in [-0.4, -0.2) is 17.5 Å². The van der Waals surface area contributed by atoms with Crippen LogP contribution in [0.1, 0.15) is 32.3 Å². The third kappa shape index (κ3) is 4.89. The summed E-state index contributed by atoms with van der Waals surface area (Å²) in [6.45, 7) is 4.06. The van der Waals surface area contributed by atoms with E-state index in [4.69, 9.17) is 11.5 Å². The number of nitrogens with one attached hydrogen (secondary N) is 2. The van der Waals surface area contributed by atoms with Gasteiger partial charge in [-0.2, -0.15) is 0 Å². The normalized spacial score (nSPS) is 13.3. The molecule has 0 aliphatic heterocycles. The monoisotopic (exact) mass is 278 g/mol. The molecular weight excluding hydrogens is 256 g/mol. The lowest BCUT2D eigenvalue weighted by Crippen LogP contribution is -2.48. The molecule has 20 heavy (non-hydrogen) atoms. The van der Waals surface area contributed by atoms with Crippen LogP contribution < -0.4 is 22.1 Å². The van der Waals surface area contributed by atoms with E-state index in [0.717, 1.165) is 12.0 Å². The minimum Gasteiger partial charge on any atom is -0.352 e. The molecule has 3 amide bonds. The topological polar surface area (TPSA) is 110 Å². The van der Waals surface area contributed by atoms with Crippen molar-refractivity contribution in [3.63, 3.8) is 0 Å². The summed E-state index contributed by atoms with van der Waals surface area (Å²) >= 11 is 0. The Morgan fingerprint density at radius 1 is 1.25 bits per heavy atom. The van der Waals surface area contributed by atoms with Crippen molar-refractivity contribution in [3.05, 3.63) is 29.8 Å². The molecule has 1 atom stereocenters. The first-order valence-electron chi connectivity index (χ1n) is 6.57. The number of rotatable bonds is 6. The fourth-order valence-corrected chi connectivity index (χ4v) is 1.80. The largest absolute Gasteiger partial charge is 0.352 e. The Morgan fingerprint density at radius 3 is 2.35 bits per heavy atom. The highest BCUT2D eigenvalue weighted by atomic mass is 16.2. The predicted octanol–water partition coefficient (Wildman–Crippen LogP) is 1.31. The average Bonchev–Trinajstić information content (AvgIpc) is 2.37. The Balaban J connectivity index is 2.61. The number of amides is 3. The maximum Gasteiger partial charge on any atom is 0.312 e. The van der Waals surface area contributed by atoms with Crippen LogP contribution in [0, 0.1) is 0 Å². The Bertz CT molecular complexity index is 469. The quantitative estimate of drug-likeness (QED) is 0.629. The van der Waals surface area contributed by atoms with Gasteiger partial charge in [-0.3, -0.25) is 4.79 Å². The zero-order chi connectivity index (χ0) is 15.2. The van der Waals surface area contributed by atoms with E-state index in [1.54, 1.807) is 31.2 Å². The van der Waals surface area contributed by atoms with Crippen molar-refractivity contribution in [1.29, 1.82) is 0 Å². The standard InChI is InChI=1S/C14H22N4O2/c1-3-8-14(2,16)12(19)18-11-6-4-10(5-7-11)9-17-13(15)20/h4-7H,3,8-9,16H2,1-2H3,(H,18,19)(H3,15,17,20). The fraction of sp³-hybridized carbons (Fsp3) is 0.429. The summed E-state index contributed by atoms with van der Waals surface area (Å²) in [5, 5.41) is 5.28. The van der Waals surface area contributed by atoms with E-state index in [9.17, 15) is 9.59 Å². The van der Waals surface area contributed by atoms with Crippen molar-refractivity contribution in [2.75, 3.05) is 5.32 Å². The summed E-state index contributed by atoms with van der Waals surface area (Å²) < 4.78 is 0. The minimum absolute atomic E-state index is 0.206. The summed E-state index contributed by atoms with van der Waals surface area (Å²) in [5.74, 6) is -0.206. The van der Waals surface area contributed by atoms with Crippen LogP contribution >= 0.6 is 0 Å². The third-order valence-electron chi connectivity index (χ3n) is 2.97. The Kier molecular flexibility index (Phi) is 5.52. The van der Waals surface area contributed by atoms with Crippen LogP contribution in [0.4, 0.5) is 10.5 Å². The van der Waals surface area contributed by atoms with Gasteiger partial charge in [0.25, 0.3) is 0 Å². The number of hydrogen-bond acceptors (Lipinski definition) is 3. The molecule has 0 radical (unpaired) electrons. The average molecular weight is 278 g/mol. The fourth-order valence-electron chi connectivity index (χ4n) is 1.80. The second-order valence-corrected chi connectivity index (χ2v) is 5.04. The van der Waals surface area contributed by atoms with Crippen LogP contribution in [0.15, 0.2) is 24.3 Å². The summed E-state index contributed by atoms with van der Waals surface area (Å²) in [4.78, 5) is 22.6. The number of carbonyl (C=O) groups excluding carboxylic acids is 2. The maximum atomic E-state index is 12.0. The molecule has 1 unspecified atom stereocenters. The van der Waals surface area contributed by atoms with Crippen LogP contribution in [-0.2, 0) is 11.3 Å². The number of primary amides is 1. The van der Waals surface area contributed by atoms with E-state index in [2.05, 4.69) is 10.6 Å². The molecule has 0 saturated heterocycles. The second-order valence-electron chi connectivity index (χ2n) is 5.04. The van der Waals surface area contributed by atoms with Gasteiger partial charge in [0.15, 0.2) is 0 Å². The highest BCUT2D eigenvalue weighted by Crippen LogP contribution is 2.14. The summed E-state index contributed by atoms with van der Waals surface area (Å²) in [6.07, 6.45) is 1.47. The van der Waals surface area contributed by atoms with Crippen molar-refractivity contribution in [2.24, 2.45) is 11.5 Å². The van der Waals surface area contributed by atoms with E-state index >= 15 is 0 Å². The Labute approximate surface area is 118 Å².